The van der Waals surface area contributed by atoms with Crippen LogP contribution in [0.5, 0.6) is 5.75 Å². The molecule has 1 N–H and O–H groups in total. The molecular weight excluding hydrogens is 435 g/mol. The van der Waals surface area contributed by atoms with E-state index in [1.54, 1.807) is 0 Å². The van der Waals surface area contributed by atoms with Crippen LogP contribution in [0.25, 0.3) is 11.4 Å². The third-order valence-electron chi connectivity index (χ3n) is 6.11. The fourth-order valence-corrected chi connectivity index (χ4v) is 4.41. The summed E-state index contributed by atoms with van der Waals surface area (Å²) < 4.78 is 13.8. The van der Waals surface area contributed by atoms with Crippen molar-refractivity contribution < 1.29 is 9.47 Å². The molecule has 2 fully saturated rings. The second-order valence-electron chi connectivity index (χ2n) is 8.08. The number of nitrogens with zero attached hydrogens (tertiary/aromatic N) is 3. The van der Waals surface area contributed by atoms with Crippen LogP contribution in [0.1, 0.15) is 38.6 Å². The number of aromatic nitrogens is 2. The summed E-state index contributed by atoms with van der Waals surface area (Å²) in [6, 6.07) is 9.50. The Morgan fingerprint density at radius 1 is 1.23 bits per heavy atom. The SMILES string of the molecule is CC[C@H]1C[C@H](n2ccnc2-c2cccc(OCCCN3CCOCC3)c2)CCN1.Cl.Cl. The number of piperidine rings is 1. The minimum atomic E-state index is 0. The van der Waals surface area contributed by atoms with Gasteiger partial charge in [0.25, 0.3) is 0 Å². The number of ether oxygens (including phenoxy) is 2. The van der Waals surface area contributed by atoms with Crippen molar-refractivity contribution in [2.75, 3.05) is 46.0 Å². The summed E-state index contributed by atoms with van der Waals surface area (Å²) in [4.78, 5) is 7.13. The number of halogens is 2. The van der Waals surface area contributed by atoms with Gasteiger partial charge < -0.3 is 19.4 Å². The van der Waals surface area contributed by atoms with Crippen LogP contribution in [0.4, 0.5) is 0 Å². The summed E-state index contributed by atoms with van der Waals surface area (Å²) in [5.41, 5.74) is 1.13. The first kappa shape index (κ1) is 25.9. The zero-order valence-electron chi connectivity index (χ0n) is 18.4. The number of hydrogen-bond donors (Lipinski definition) is 1. The first-order valence-corrected chi connectivity index (χ1v) is 11.1. The van der Waals surface area contributed by atoms with E-state index in [1.807, 2.05) is 12.3 Å². The summed E-state index contributed by atoms with van der Waals surface area (Å²) in [6.07, 6.45) is 8.58. The third-order valence-corrected chi connectivity index (χ3v) is 6.11. The number of hydrogen-bond acceptors (Lipinski definition) is 5. The predicted molar refractivity (Wildman–Crippen MR) is 130 cm³/mol. The highest BCUT2D eigenvalue weighted by Gasteiger charge is 2.23. The molecule has 2 aliphatic heterocycles. The van der Waals surface area contributed by atoms with E-state index < -0.39 is 0 Å². The maximum absolute atomic E-state index is 6.05. The maximum atomic E-state index is 6.05. The third kappa shape index (κ3) is 7.09. The summed E-state index contributed by atoms with van der Waals surface area (Å²) in [5, 5.41) is 3.62. The lowest BCUT2D eigenvalue weighted by Crippen LogP contribution is -2.38. The molecule has 2 saturated heterocycles. The van der Waals surface area contributed by atoms with Crippen LogP contribution in [0.2, 0.25) is 0 Å². The topological polar surface area (TPSA) is 51.5 Å². The fraction of sp³-hybridized carbons (Fsp3) is 0.609. The second kappa shape index (κ2) is 13.3. The van der Waals surface area contributed by atoms with Crippen molar-refractivity contribution >= 4 is 24.8 Å². The van der Waals surface area contributed by atoms with Gasteiger partial charge in [-0.25, -0.2) is 4.98 Å². The molecule has 8 heteroatoms. The molecule has 2 aromatic rings. The Kier molecular flexibility index (Phi) is 11.1. The van der Waals surface area contributed by atoms with Crippen LogP contribution in [0.3, 0.4) is 0 Å². The summed E-state index contributed by atoms with van der Waals surface area (Å²) in [7, 11) is 0. The standard InChI is InChI=1S/C23H34N4O2.2ClH/c1-2-20-18-21(7-8-24-20)27-11-9-25-23(27)19-5-3-6-22(17-19)29-14-4-10-26-12-15-28-16-13-26;;/h3,5-6,9,11,17,20-21,24H,2,4,7-8,10,12-16,18H2,1H3;2*1H/t20-,21+;;/m0../s1. The monoisotopic (exact) mass is 470 g/mol. The molecule has 31 heavy (non-hydrogen) atoms. The molecule has 3 heterocycles. The average Bonchev–Trinajstić information content (AvgIpc) is 3.28. The number of benzene rings is 1. The average molecular weight is 471 g/mol. The van der Waals surface area contributed by atoms with Crippen LogP contribution in [-0.2, 0) is 4.74 Å². The van der Waals surface area contributed by atoms with Gasteiger partial charge in [-0.05, 0) is 44.4 Å². The van der Waals surface area contributed by atoms with Crippen LogP contribution in [0, 0.1) is 0 Å². The van der Waals surface area contributed by atoms with E-state index in [1.165, 1.54) is 6.42 Å². The van der Waals surface area contributed by atoms with Gasteiger partial charge in [0.1, 0.15) is 11.6 Å². The van der Waals surface area contributed by atoms with Gasteiger partial charge in [0, 0.05) is 49.7 Å². The number of rotatable bonds is 8. The Bertz CT molecular complexity index is 768. The van der Waals surface area contributed by atoms with Gasteiger partial charge in [0.15, 0.2) is 0 Å². The molecule has 0 amide bonds. The van der Waals surface area contributed by atoms with E-state index in [2.05, 4.69) is 51.1 Å². The molecule has 0 radical (unpaired) electrons. The summed E-state index contributed by atoms with van der Waals surface area (Å²) in [6.45, 7) is 8.92. The maximum Gasteiger partial charge on any atom is 0.140 e. The highest BCUT2D eigenvalue weighted by molar-refractivity contribution is 5.85. The molecule has 1 aromatic heterocycles. The van der Waals surface area contributed by atoms with E-state index in [0.717, 1.165) is 82.4 Å². The van der Waals surface area contributed by atoms with Crippen LogP contribution < -0.4 is 10.1 Å². The largest absolute Gasteiger partial charge is 0.494 e. The lowest BCUT2D eigenvalue weighted by Gasteiger charge is -2.31. The molecule has 2 atom stereocenters. The van der Waals surface area contributed by atoms with Crippen molar-refractivity contribution in [2.24, 2.45) is 0 Å². The quantitative estimate of drug-likeness (QED) is 0.585. The Balaban J connectivity index is 0.00000171. The number of morpholine rings is 1. The first-order valence-electron chi connectivity index (χ1n) is 11.1. The van der Waals surface area contributed by atoms with Gasteiger partial charge in [0.05, 0.1) is 19.8 Å². The Labute approximate surface area is 198 Å². The molecule has 6 nitrogen and oxygen atoms in total. The van der Waals surface area contributed by atoms with Gasteiger partial charge in [0.2, 0.25) is 0 Å². The van der Waals surface area contributed by atoms with E-state index in [4.69, 9.17) is 9.47 Å². The van der Waals surface area contributed by atoms with Crippen LogP contribution >= 0.6 is 24.8 Å². The zero-order chi connectivity index (χ0) is 19.9. The minimum absolute atomic E-state index is 0. The first-order chi connectivity index (χ1) is 14.3. The van der Waals surface area contributed by atoms with E-state index in [0.29, 0.717) is 12.1 Å². The van der Waals surface area contributed by atoms with Crippen molar-refractivity contribution in [3.63, 3.8) is 0 Å². The molecule has 0 aliphatic carbocycles. The number of imidazole rings is 1. The Hall–Kier alpha value is -1.31. The number of nitrogens with one attached hydrogen (secondary N) is 1. The van der Waals surface area contributed by atoms with E-state index in [-0.39, 0.29) is 24.8 Å². The molecule has 0 saturated carbocycles. The van der Waals surface area contributed by atoms with Gasteiger partial charge in [-0.1, -0.05) is 19.1 Å². The normalized spacial score (nSPS) is 21.7. The van der Waals surface area contributed by atoms with Gasteiger partial charge in [-0.3, -0.25) is 4.90 Å². The summed E-state index contributed by atoms with van der Waals surface area (Å²) in [5.74, 6) is 1.97. The van der Waals surface area contributed by atoms with Crippen LogP contribution in [-0.4, -0.2) is 66.5 Å². The lowest BCUT2D eigenvalue weighted by molar-refractivity contribution is 0.0358. The van der Waals surface area contributed by atoms with Gasteiger partial charge in [-0.2, -0.15) is 0 Å². The van der Waals surface area contributed by atoms with Crippen LogP contribution in [0.15, 0.2) is 36.7 Å². The molecule has 0 unspecified atom stereocenters. The zero-order valence-corrected chi connectivity index (χ0v) is 20.0. The Morgan fingerprint density at radius 3 is 2.87 bits per heavy atom. The van der Waals surface area contributed by atoms with Crippen molar-refractivity contribution in [3.05, 3.63) is 36.7 Å². The predicted octanol–water partition coefficient (Wildman–Crippen LogP) is 4.20. The molecule has 2 aliphatic rings. The molecular formula is C23H36Cl2N4O2. The smallest absolute Gasteiger partial charge is 0.140 e. The molecule has 0 bridgehead atoms. The van der Waals surface area contributed by atoms with Crippen molar-refractivity contribution in [2.45, 2.75) is 44.7 Å². The molecule has 4 rings (SSSR count). The van der Waals surface area contributed by atoms with Crippen molar-refractivity contribution in [1.82, 2.24) is 19.8 Å². The van der Waals surface area contributed by atoms with E-state index in [9.17, 15) is 0 Å². The fourth-order valence-electron chi connectivity index (χ4n) is 4.41. The Morgan fingerprint density at radius 2 is 2.06 bits per heavy atom. The highest BCUT2D eigenvalue weighted by atomic mass is 35.5. The lowest BCUT2D eigenvalue weighted by atomic mass is 9.97. The van der Waals surface area contributed by atoms with Crippen molar-refractivity contribution in [3.8, 4) is 17.1 Å². The van der Waals surface area contributed by atoms with Crippen molar-refractivity contribution in [1.29, 1.82) is 0 Å². The van der Waals surface area contributed by atoms with Gasteiger partial charge in [-0.15, -0.1) is 24.8 Å². The van der Waals surface area contributed by atoms with Gasteiger partial charge >= 0.3 is 0 Å². The minimum Gasteiger partial charge on any atom is -0.494 e. The molecule has 0 spiro atoms. The highest BCUT2D eigenvalue weighted by Crippen LogP contribution is 2.30. The van der Waals surface area contributed by atoms with E-state index >= 15 is 0 Å². The summed E-state index contributed by atoms with van der Waals surface area (Å²) >= 11 is 0. The molecule has 1 aromatic carbocycles. The molecule has 174 valence electrons. The second-order valence-corrected chi connectivity index (χ2v) is 8.08.